The van der Waals surface area contributed by atoms with Crippen molar-refractivity contribution in [3.8, 4) is 11.1 Å². The van der Waals surface area contributed by atoms with Gasteiger partial charge >= 0.3 is 12.1 Å². The number of amides is 2. The van der Waals surface area contributed by atoms with Gasteiger partial charge in [-0.1, -0.05) is 74.9 Å². The number of carboxylic acid groups (broad SMARTS) is 1. The predicted molar refractivity (Wildman–Crippen MR) is 130 cm³/mol. The molecule has 1 aliphatic carbocycles. The van der Waals surface area contributed by atoms with Gasteiger partial charge in [-0.3, -0.25) is 4.79 Å². The largest absolute Gasteiger partial charge is 0.480 e. The number of hydrogen-bond donors (Lipinski definition) is 3. The van der Waals surface area contributed by atoms with Crippen molar-refractivity contribution in [3.63, 3.8) is 0 Å². The standard InChI is InChI=1S/C27H32N2O5/c1-4-6-15-23(25(30)29-24(26(31)32)17(3)5-2)28-27(33)34-16-22-20-13-9-7-11-18(20)19-12-8-10-14-21(19)22/h4,7-14,17,22-24H,1,5-6,15-16H2,2-3H3,(H,28,33)(H,29,30)(H,31,32)/t17?,23?,24-/m0/s1. The summed E-state index contributed by atoms with van der Waals surface area (Å²) in [4.78, 5) is 37.1. The third-order valence-electron chi connectivity index (χ3n) is 6.39. The van der Waals surface area contributed by atoms with Crippen LogP contribution in [0.5, 0.6) is 0 Å². The molecule has 3 atom stereocenters. The fraction of sp³-hybridized carbons (Fsp3) is 0.370. The van der Waals surface area contributed by atoms with Crippen LogP contribution in [0, 0.1) is 5.92 Å². The first-order valence-electron chi connectivity index (χ1n) is 11.6. The number of aliphatic carboxylic acids is 1. The molecular formula is C27H32N2O5. The van der Waals surface area contributed by atoms with E-state index in [-0.39, 0.29) is 24.9 Å². The Labute approximate surface area is 200 Å². The summed E-state index contributed by atoms with van der Waals surface area (Å²) in [6.07, 6.45) is 2.27. The second kappa shape index (κ2) is 11.5. The Morgan fingerprint density at radius 2 is 1.65 bits per heavy atom. The summed E-state index contributed by atoms with van der Waals surface area (Å²) in [5, 5.41) is 14.7. The Morgan fingerprint density at radius 3 is 2.18 bits per heavy atom. The quantitative estimate of drug-likeness (QED) is 0.426. The van der Waals surface area contributed by atoms with Gasteiger partial charge in [-0.05, 0) is 41.0 Å². The third kappa shape index (κ3) is 5.65. The van der Waals surface area contributed by atoms with Crippen molar-refractivity contribution < 1.29 is 24.2 Å². The molecule has 0 fully saturated rings. The molecule has 7 nitrogen and oxygen atoms in total. The average Bonchev–Trinajstić information content (AvgIpc) is 3.16. The van der Waals surface area contributed by atoms with Crippen molar-refractivity contribution in [2.75, 3.05) is 6.61 Å². The Kier molecular flexibility index (Phi) is 8.46. The first-order valence-corrected chi connectivity index (χ1v) is 11.6. The van der Waals surface area contributed by atoms with Gasteiger partial charge in [0.1, 0.15) is 18.7 Å². The van der Waals surface area contributed by atoms with Crippen molar-refractivity contribution in [2.45, 2.75) is 51.1 Å². The normalized spacial score (nSPS) is 14.8. The monoisotopic (exact) mass is 464 g/mol. The van der Waals surface area contributed by atoms with Gasteiger partial charge in [0.05, 0.1) is 0 Å². The van der Waals surface area contributed by atoms with E-state index in [1.165, 1.54) is 0 Å². The zero-order valence-corrected chi connectivity index (χ0v) is 19.6. The van der Waals surface area contributed by atoms with Crippen LogP contribution in [0.1, 0.15) is 50.2 Å². The molecule has 2 aromatic rings. The lowest BCUT2D eigenvalue weighted by Gasteiger charge is -2.24. The molecule has 0 aliphatic heterocycles. The smallest absolute Gasteiger partial charge is 0.407 e. The van der Waals surface area contributed by atoms with Crippen molar-refractivity contribution in [3.05, 3.63) is 72.3 Å². The third-order valence-corrected chi connectivity index (χ3v) is 6.39. The number of carbonyl (C=O) groups is 3. The number of allylic oxidation sites excluding steroid dienone is 1. The van der Waals surface area contributed by atoms with Crippen LogP contribution in [0.3, 0.4) is 0 Å². The van der Waals surface area contributed by atoms with E-state index in [0.717, 1.165) is 22.3 Å². The second-order valence-corrected chi connectivity index (χ2v) is 8.60. The molecule has 3 N–H and O–H groups in total. The zero-order chi connectivity index (χ0) is 24.7. The molecule has 0 saturated heterocycles. The molecule has 0 bridgehead atoms. The number of hydrogen-bond acceptors (Lipinski definition) is 4. The molecule has 0 saturated carbocycles. The average molecular weight is 465 g/mol. The highest BCUT2D eigenvalue weighted by atomic mass is 16.5. The second-order valence-electron chi connectivity index (χ2n) is 8.60. The molecule has 7 heteroatoms. The first-order chi connectivity index (χ1) is 16.4. The predicted octanol–water partition coefficient (Wildman–Crippen LogP) is 4.48. The van der Waals surface area contributed by atoms with Gasteiger partial charge in [0.25, 0.3) is 0 Å². The minimum Gasteiger partial charge on any atom is -0.480 e. The van der Waals surface area contributed by atoms with Crippen molar-refractivity contribution in [1.82, 2.24) is 10.6 Å². The first kappa shape index (κ1) is 25.0. The summed E-state index contributed by atoms with van der Waals surface area (Å²) in [5.74, 6) is -2.01. The summed E-state index contributed by atoms with van der Waals surface area (Å²) in [5.41, 5.74) is 4.44. The van der Waals surface area contributed by atoms with E-state index in [9.17, 15) is 19.5 Å². The number of alkyl carbamates (subject to hydrolysis) is 1. The van der Waals surface area contributed by atoms with Crippen LogP contribution in [0.15, 0.2) is 61.2 Å². The van der Waals surface area contributed by atoms with Gasteiger partial charge in [0, 0.05) is 5.92 Å². The van der Waals surface area contributed by atoms with E-state index in [1.807, 2.05) is 43.3 Å². The molecule has 180 valence electrons. The number of rotatable bonds is 11. The fourth-order valence-corrected chi connectivity index (χ4v) is 4.27. The Hall–Kier alpha value is -3.61. The molecule has 0 radical (unpaired) electrons. The molecular weight excluding hydrogens is 432 g/mol. The van der Waals surface area contributed by atoms with Crippen LogP contribution >= 0.6 is 0 Å². The SMILES string of the molecule is C=CCCC(NC(=O)OCC1c2ccccc2-c2ccccc21)C(=O)N[C@H](C(=O)O)C(C)CC. The Balaban J connectivity index is 1.67. The zero-order valence-electron chi connectivity index (χ0n) is 19.6. The van der Waals surface area contributed by atoms with E-state index >= 15 is 0 Å². The van der Waals surface area contributed by atoms with Crippen molar-refractivity contribution in [2.24, 2.45) is 5.92 Å². The maximum Gasteiger partial charge on any atom is 0.407 e. The molecule has 2 aromatic carbocycles. The van der Waals surface area contributed by atoms with E-state index in [0.29, 0.717) is 12.8 Å². The van der Waals surface area contributed by atoms with Gasteiger partial charge < -0.3 is 20.5 Å². The summed E-state index contributed by atoms with van der Waals surface area (Å²) in [6, 6.07) is 14.1. The summed E-state index contributed by atoms with van der Waals surface area (Å²) < 4.78 is 5.55. The van der Waals surface area contributed by atoms with Crippen LogP contribution in [0.2, 0.25) is 0 Å². The van der Waals surface area contributed by atoms with Crippen molar-refractivity contribution in [1.29, 1.82) is 0 Å². The summed E-state index contributed by atoms with van der Waals surface area (Å²) >= 11 is 0. The van der Waals surface area contributed by atoms with Gasteiger partial charge in [-0.25, -0.2) is 9.59 Å². The van der Waals surface area contributed by atoms with Crippen LogP contribution in [0.25, 0.3) is 11.1 Å². The van der Waals surface area contributed by atoms with Gasteiger partial charge in [-0.15, -0.1) is 6.58 Å². The molecule has 0 aromatic heterocycles. The van der Waals surface area contributed by atoms with E-state index in [1.54, 1.807) is 13.0 Å². The highest BCUT2D eigenvalue weighted by Crippen LogP contribution is 2.44. The Morgan fingerprint density at radius 1 is 1.06 bits per heavy atom. The molecule has 2 unspecified atom stereocenters. The number of carboxylic acids is 1. The van der Waals surface area contributed by atoms with E-state index < -0.39 is 30.1 Å². The summed E-state index contributed by atoms with van der Waals surface area (Å²) in [7, 11) is 0. The minimum atomic E-state index is -1.11. The number of benzene rings is 2. The highest BCUT2D eigenvalue weighted by Gasteiger charge is 2.31. The molecule has 1 aliphatic rings. The lowest BCUT2D eigenvalue weighted by Crippen LogP contribution is -2.53. The summed E-state index contributed by atoms with van der Waals surface area (Å²) in [6.45, 7) is 7.41. The highest BCUT2D eigenvalue weighted by molar-refractivity contribution is 5.89. The van der Waals surface area contributed by atoms with Crippen molar-refractivity contribution >= 4 is 18.0 Å². The topological polar surface area (TPSA) is 105 Å². The minimum absolute atomic E-state index is 0.0969. The number of fused-ring (bicyclic) bond motifs is 3. The van der Waals surface area contributed by atoms with Crippen LogP contribution < -0.4 is 10.6 Å². The number of nitrogens with one attached hydrogen (secondary N) is 2. The maximum absolute atomic E-state index is 12.8. The van der Waals surface area contributed by atoms with Crippen LogP contribution in [-0.4, -0.2) is 41.8 Å². The maximum atomic E-state index is 12.8. The van der Waals surface area contributed by atoms with Crippen LogP contribution in [0.4, 0.5) is 4.79 Å². The van der Waals surface area contributed by atoms with E-state index in [2.05, 4.69) is 29.3 Å². The number of carbonyl (C=O) groups excluding carboxylic acids is 2. The molecule has 0 heterocycles. The lowest BCUT2D eigenvalue weighted by atomic mass is 9.98. The van der Waals surface area contributed by atoms with Gasteiger partial charge in [-0.2, -0.15) is 0 Å². The lowest BCUT2D eigenvalue weighted by molar-refractivity contribution is -0.143. The van der Waals surface area contributed by atoms with Crippen LogP contribution in [-0.2, 0) is 14.3 Å². The molecule has 3 rings (SSSR count). The fourth-order valence-electron chi connectivity index (χ4n) is 4.27. The van der Waals surface area contributed by atoms with Gasteiger partial charge in [0.15, 0.2) is 0 Å². The molecule has 0 spiro atoms. The molecule has 34 heavy (non-hydrogen) atoms. The van der Waals surface area contributed by atoms with Gasteiger partial charge in [0.2, 0.25) is 5.91 Å². The Bertz CT molecular complexity index is 1010. The number of ether oxygens (including phenoxy) is 1. The molecule has 2 amide bonds. The van der Waals surface area contributed by atoms with E-state index in [4.69, 9.17) is 4.74 Å².